The third kappa shape index (κ3) is 5.60. The molecule has 0 aliphatic heterocycles. The highest BCUT2D eigenvalue weighted by atomic mass is 35.5. The quantitative estimate of drug-likeness (QED) is 0.749. The van der Waals surface area contributed by atoms with Crippen molar-refractivity contribution in [1.82, 2.24) is 0 Å². The van der Waals surface area contributed by atoms with Crippen LogP contribution in [0.5, 0.6) is 5.75 Å². The van der Waals surface area contributed by atoms with E-state index in [1.165, 1.54) is 0 Å². The highest BCUT2D eigenvalue weighted by Gasteiger charge is 2.10. The summed E-state index contributed by atoms with van der Waals surface area (Å²) >= 11 is 5.48. The molecule has 0 amide bonds. The SMILES string of the molecule is CCCOc1cccc(NS(=O)(=O)CCCCl)c1. The van der Waals surface area contributed by atoms with E-state index in [4.69, 9.17) is 16.3 Å². The van der Waals surface area contributed by atoms with Crippen LogP contribution in [0.2, 0.25) is 0 Å². The Labute approximate surface area is 113 Å². The summed E-state index contributed by atoms with van der Waals surface area (Å²) in [6.45, 7) is 2.63. The largest absolute Gasteiger partial charge is 0.494 e. The van der Waals surface area contributed by atoms with Gasteiger partial charge < -0.3 is 4.74 Å². The molecule has 0 fully saturated rings. The lowest BCUT2D eigenvalue weighted by Gasteiger charge is -2.09. The van der Waals surface area contributed by atoms with Gasteiger partial charge in [-0.05, 0) is 25.0 Å². The van der Waals surface area contributed by atoms with Gasteiger partial charge in [0.1, 0.15) is 5.75 Å². The predicted molar refractivity (Wildman–Crippen MR) is 75.0 cm³/mol. The standard InChI is InChI=1S/C12H18ClNO3S/c1-2-8-17-12-6-3-5-11(10-12)14-18(15,16)9-4-7-13/h3,5-6,10,14H,2,4,7-9H2,1H3. The molecule has 102 valence electrons. The third-order valence-electron chi connectivity index (χ3n) is 2.13. The first-order valence-corrected chi connectivity index (χ1v) is 8.05. The molecule has 0 heterocycles. The van der Waals surface area contributed by atoms with E-state index in [1.54, 1.807) is 24.3 Å². The summed E-state index contributed by atoms with van der Waals surface area (Å²) < 4.78 is 31.3. The average Bonchev–Trinajstić information content (AvgIpc) is 2.34. The van der Waals surface area contributed by atoms with Gasteiger partial charge in [0, 0.05) is 11.9 Å². The van der Waals surface area contributed by atoms with Crippen molar-refractivity contribution in [3.8, 4) is 5.75 Å². The molecule has 0 bridgehead atoms. The van der Waals surface area contributed by atoms with Crippen molar-refractivity contribution in [2.45, 2.75) is 19.8 Å². The number of alkyl halides is 1. The molecule has 1 N–H and O–H groups in total. The molecular formula is C12H18ClNO3S. The van der Waals surface area contributed by atoms with Crippen LogP contribution in [0, 0.1) is 0 Å². The zero-order chi connectivity index (χ0) is 13.4. The van der Waals surface area contributed by atoms with E-state index < -0.39 is 10.0 Å². The highest BCUT2D eigenvalue weighted by molar-refractivity contribution is 7.92. The monoisotopic (exact) mass is 291 g/mol. The molecule has 1 rings (SSSR count). The fraction of sp³-hybridized carbons (Fsp3) is 0.500. The maximum Gasteiger partial charge on any atom is 0.232 e. The zero-order valence-electron chi connectivity index (χ0n) is 10.4. The second kappa shape index (κ2) is 7.48. The summed E-state index contributed by atoms with van der Waals surface area (Å²) in [5, 5.41) is 0. The van der Waals surface area contributed by atoms with Crippen LogP contribution in [0.3, 0.4) is 0 Å². The van der Waals surface area contributed by atoms with Gasteiger partial charge in [0.2, 0.25) is 10.0 Å². The molecule has 0 saturated carbocycles. The van der Waals surface area contributed by atoms with Gasteiger partial charge in [-0.25, -0.2) is 8.42 Å². The molecular weight excluding hydrogens is 274 g/mol. The van der Waals surface area contributed by atoms with E-state index in [1.807, 2.05) is 6.92 Å². The molecule has 0 aromatic heterocycles. The molecule has 0 atom stereocenters. The van der Waals surface area contributed by atoms with Crippen molar-refractivity contribution < 1.29 is 13.2 Å². The first kappa shape index (κ1) is 15.1. The maximum atomic E-state index is 11.7. The molecule has 6 heteroatoms. The Morgan fingerprint density at radius 2 is 2.17 bits per heavy atom. The van der Waals surface area contributed by atoms with E-state index in [9.17, 15) is 8.42 Å². The number of nitrogens with one attached hydrogen (secondary N) is 1. The van der Waals surface area contributed by atoms with Gasteiger partial charge in [0.25, 0.3) is 0 Å². The van der Waals surface area contributed by atoms with E-state index in [-0.39, 0.29) is 5.75 Å². The normalized spacial score (nSPS) is 11.2. The van der Waals surface area contributed by atoms with Crippen molar-refractivity contribution in [1.29, 1.82) is 0 Å². The maximum absolute atomic E-state index is 11.7. The molecule has 18 heavy (non-hydrogen) atoms. The van der Waals surface area contributed by atoms with Crippen LogP contribution in [-0.2, 0) is 10.0 Å². The molecule has 0 aliphatic carbocycles. The molecule has 0 saturated heterocycles. The van der Waals surface area contributed by atoms with Crippen LogP contribution >= 0.6 is 11.6 Å². The van der Waals surface area contributed by atoms with Crippen LogP contribution in [-0.4, -0.2) is 26.7 Å². The van der Waals surface area contributed by atoms with E-state index in [0.29, 0.717) is 30.3 Å². The van der Waals surface area contributed by atoms with Crippen LogP contribution in [0.4, 0.5) is 5.69 Å². The summed E-state index contributed by atoms with van der Waals surface area (Å²) in [6, 6.07) is 6.92. The Morgan fingerprint density at radius 3 is 2.83 bits per heavy atom. The van der Waals surface area contributed by atoms with Crippen LogP contribution < -0.4 is 9.46 Å². The summed E-state index contributed by atoms with van der Waals surface area (Å²) in [6.07, 6.45) is 1.34. The minimum Gasteiger partial charge on any atom is -0.494 e. The van der Waals surface area contributed by atoms with Gasteiger partial charge in [-0.3, -0.25) is 4.72 Å². The predicted octanol–water partition coefficient (Wildman–Crippen LogP) is 2.85. The first-order chi connectivity index (χ1) is 8.57. The Kier molecular flexibility index (Phi) is 6.29. The van der Waals surface area contributed by atoms with E-state index in [2.05, 4.69) is 4.72 Å². The number of benzene rings is 1. The number of halogens is 1. The van der Waals surface area contributed by atoms with E-state index in [0.717, 1.165) is 6.42 Å². The summed E-state index contributed by atoms with van der Waals surface area (Å²) in [5.41, 5.74) is 0.512. The van der Waals surface area contributed by atoms with Crippen LogP contribution in [0.25, 0.3) is 0 Å². The summed E-state index contributed by atoms with van der Waals surface area (Å²) in [5.74, 6) is 1.02. The van der Waals surface area contributed by atoms with Crippen LogP contribution in [0.15, 0.2) is 24.3 Å². The highest BCUT2D eigenvalue weighted by Crippen LogP contribution is 2.18. The Balaban J connectivity index is 2.66. The van der Waals surface area contributed by atoms with Crippen molar-refractivity contribution >= 4 is 27.3 Å². The van der Waals surface area contributed by atoms with Gasteiger partial charge in [-0.1, -0.05) is 13.0 Å². The van der Waals surface area contributed by atoms with Gasteiger partial charge in [0.05, 0.1) is 18.0 Å². The smallest absolute Gasteiger partial charge is 0.232 e. The number of rotatable bonds is 8. The van der Waals surface area contributed by atoms with Crippen LogP contribution in [0.1, 0.15) is 19.8 Å². The lowest BCUT2D eigenvalue weighted by atomic mass is 10.3. The van der Waals surface area contributed by atoms with Gasteiger partial charge in [0.15, 0.2) is 0 Å². The number of hydrogen-bond donors (Lipinski definition) is 1. The number of anilines is 1. The summed E-state index contributed by atoms with van der Waals surface area (Å²) in [7, 11) is -3.32. The molecule has 1 aromatic rings. The molecule has 0 aliphatic rings. The molecule has 0 unspecified atom stereocenters. The fourth-order valence-electron chi connectivity index (χ4n) is 1.34. The first-order valence-electron chi connectivity index (χ1n) is 5.86. The van der Waals surface area contributed by atoms with Gasteiger partial charge in [-0.15, -0.1) is 11.6 Å². The lowest BCUT2D eigenvalue weighted by molar-refractivity contribution is 0.317. The summed E-state index contributed by atoms with van der Waals surface area (Å²) in [4.78, 5) is 0. The molecule has 4 nitrogen and oxygen atoms in total. The number of ether oxygens (including phenoxy) is 1. The molecule has 1 aromatic carbocycles. The topological polar surface area (TPSA) is 55.4 Å². The van der Waals surface area contributed by atoms with Gasteiger partial charge >= 0.3 is 0 Å². The van der Waals surface area contributed by atoms with Crippen molar-refractivity contribution in [3.63, 3.8) is 0 Å². The number of sulfonamides is 1. The number of hydrogen-bond acceptors (Lipinski definition) is 3. The zero-order valence-corrected chi connectivity index (χ0v) is 11.9. The fourth-order valence-corrected chi connectivity index (χ4v) is 2.75. The molecule has 0 radical (unpaired) electrons. The second-order valence-corrected chi connectivity index (χ2v) is 6.06. The van der Waals surface area contributed by atoms with Crippen molar-refractivity contribution in [2.24, 2.45) is 0 Å². The van der Waals surface area contributed by atoms with Gasteiger partial charge in [-0.2, -0.15) is 0 Å². The third-order valence-corrected chi connectivity index (χ3v) is 3.77. The van der Waals surface area contributed by atoms with Crippen molar-refractivity contribution in [3.05, 3.63) is 24.3 Å². The average molecular weight is 292 g/mol. The Morgan fingerprint density at radius 1 is 1.39 bits per heavy atom. The van der Waals surface area contributed by atoms with Crippen molar-refractivity contribution in [2.75, 3.05) is 23.0 Å². The molecule has 0 spiro atoms. The van der Waals surface area contributed by atoms with E-state index >= 15 is 0 Å². The minimum absolute atomic E-state index is 0.0243. The second-order valence-electron chi connectivity index (χ2n) is 3.84. The lowest BCUT2D eigenvalue weighted by Crippen LogP contribution is -2.17. The minimum atomic E-state index is -3.32. The Bertz CT molecular complexity index is 462. The Hall–Kier alpha value is -0.940.